The van der Waals surface area contributed by atoms with Crippen LogP contribution in [-0.4, -0.2) is 55.9 Å². The zero-order chi connectivity index (χ0) is 18.8. The van der Waals surface area contributed by atoms with Crippen molar-refractivity contribution in [1.82, 2.24) is 15.5 Å². The van der Waals surface area contributed by atoms with E-state index in [1.165, 1.54) is 38.1 Å². The first-order chi connectivity index (χ1) is 12.6. The molecule has 0 aliphatic carbocycles. The van der Waals surface area contributed by atoms with Crippen LogP contribution in [-0.2, 0) is 0 Å². The van der Waals surface area contributed by atoms with E-state index in [4.69, 9.17) is 0 Å². The summed E-state index contributed by atoms with van der Waals surface area (Å²) in [7, 11) is 1.82. The van der Waals surface area contributed by atoms with Gasteiger partial charge in [-0.1, -0.05) is 0 Å². The highest BCUT2D eigenvalue weighted by molar-refractivity contribution is 7.99. The monoisotopic (exact) mass is 380 g/mol. The molecule has 0 aromatic heterocycles. The number of aliphatic imine (C=N–C) groups is 1. The summed E-state index contributed by atoms with van der Waals surface area (Å²) in [4.78, 5) is 8.00. The molecule has 1 unspecified atom stereocenters. The Bertz CT molecular complexity index is 547. The molecule has 1 aromatic carbocycles. The Hall–Kier alpha value is -1.27. The van der Waals surface area contributed by atoms with Gasteiger partial charge in [-0.3, -0.25) is 4.99 Å². The highest BCUT2D eigenvalue weighted by atomic mass is 32.2. The maximum absolute atomic E-state index is 12.9. The Balaban J connectivity index is 1.59. The third-order valence-corrected chi connectivity index (χ3v) is 5.86. The van der Waals surface area contributed by atoms with Gasteiger partial charge in [-0.25, -0.2) is 4.39 Å². The molecular formula is C20H33FN4S. The number of thioether (sulfide) groups is 1. The molecule has 0 spiro atoms. The van der Waals surface area contributed by atoms with Gasteiger partial charge in [0.15, 0.2) is 5.96 Å². The van der Waals surface area contributed by atoms with Crippen LogP contribution in [0.25, 0.3) is 0 Å². The van der Waals surface area contributed by atoms with Gasteiger partial charge in [0.25, 0.3) is 0 Å². The van der Waals surface area contributed by atoms with Gasteiger partial charge in [0.2, 0.25) is 0 Å². The molecule has 26 heavy (non-hydrogen) atoms. The van der Waals surface area contributed by atoms with E-state index in [-0.39, 0.29) is 5.82 Å². The number of piperidine rings is 1. The fraction of sp³-hybridized carbons (Fsp3) is 0.650. The van der Waals surface area contributed by atoms with Crippen LogP contribution in [0, 0.1) is 11.7 Å². The predicted octanol–water partition coefficient (Wildman–Crippen LogP) is 3.59. The summed E-state index contributed by atoms with van der Waals surface area (Å²) in [5.41, 5.74) is 0. The van der Waals surface area contributed by atoms with Crippen LogP contribution in [0.3, 0.4) is 0 Å². The van der Waals surface area contributed by atoms with E-state index in [1.807, 2.05) is 19.2 Å². The van der Waals surface area contributed by atoms with Crippen LogP contribution in [0.2, 0.25) is 0 Å². The second kappa shape index (κ2) is 11.4. The van der Waals surface area contributed by atoms with E-state index in [0.29, 0.717) is 12.0 Å². The topological polar surface area (TPSA) is 39.7 Å². The van der Waals surface area contributed by atoms with E-state index in [2.05, 4.69) is 34.4 Å². The smallest absolute Gasteiger partial charge is 0.190 e. The van der Waals surface area contributed by atoms with Gasteiger partial charge < -0.3 is 15.5 Å². The Kier molecular flexibility index (Phi) is 9.26. The van der Waals surface area contributed by atoms with Crippen LogP contribution >= 0.6 is 11.8 Å². The summed E-state index contributed by atoms with van der Waals surface area (Å²) >= 11 is 1.75. The fourth-order valence-electron chi connectivity index (χ4n) is 3.19. The predicted molar refractivity (Wildman–Crippen MR) is 111 cm³/mol. The summed E-state index contributed by atoms with van der Waals surface area (Å²) in [6, 6.07) is 7.32. The summed E-state index contributed by atoms with van der Waals surface area (Å²) in [5, 5.41) is 6.87. The lowest BCUT2D eigenvalue weighted by molar-refractivity contribution is 0.141. The van der Waals surface area contributed by atoms with Gasteiger partial charge in [0, 0.05) is 37.6 Å². The molecule has 2 N–H and O–H groups in total. The molecule has 0 radical (unpaired) electrons. The zero-order valence-corrected chi connectivity index (χ0v) is 17.1. The molecule has 0 saturated carbocycles. The molecule has 0 amide bonds. The molecule has 2 rings (SSSR count). The summed E-state index contributed by atoms with van der Waals surface area (Å²) in [6.07, 6.45) is 3.62. The van der Waals surface area contributed by atoms with Crippen LogP contribution in [0.15, 0.2) is 34.2 Å². The number of halogens is 1. The number of hydrogen-bond donors (Lipinski definition) is 2. The first-order valence-electron chi connectivity index (χ1n) is 9.65. The molecule has 1 heterocycles. The van der Waals surface area contributed by atoms with Crippen molar-refractivity contribution in [3.63, 3.8) is 0 Å². The second-order valence-corrected chi connectivity index (χ2v) is 8.30. The third-order valence-electron chi connectivity index (χ3n) is 4.76. The lowest BCUT2D eigenvalue weighted by Gasteiger charge is -2.35. The molecule has 1 atom stereocenters. The number of rotatable bonds is 8. The summed E-state index contributed by atoms with van der Waals surface area (Å²) in [5.74, 6) is 2.40. The molecule has 1 fully saturated rings. The van der Waals surface area contributed by atoms with Crippen molar-refractivity contribution < 1.29 is 4.39 Å². The number of nitrogens with one attached hydrogen (secondary N) is 2. The zero-order valence-electron chi connectivity index (χ0n) is 16.3. The van der Waals surface area contributed by atoms with E-state index in [0.717, 1.165) is 36.1 Å². The quantitative estimate of drug-likeness (QED) is 0.313. The molecular weight excluding hydrogens is 347 g/mol. The van der Waals surface area contributed by atoms with Crippen LogP contribution in [0.4, 0.5) is 4.39 Å². The minimum absolute atomic E-state index is 0.180. The maximum Gasteiger partial charge on any atom is 0.190 e. The summed E-state index contributed by atoms with van der Waals surface area (Å²) in [6.45, 7) is 8.83. The highest BCUT2D eigenvalue weighted by Gasteiger charge is 2.21. The van der Waals surface area contributed by atoms with Crippen LogP contribution in [0.1, 0.15) is 33.1 Å². The van der Waals surface area contributed by atoms with Gasteiger partial charge in [-0.2, -0.15) is 0 Å². The molecule has 0 bridgehead atoms. The summed E-state index contributed by atoms with van der Waals surface area (Å²) < 4.78 is 12.9. The number of guanidine groups is 1. The van der Waals surface area contributed by atoms with Crippen molar-refractivity contribution >= 4 is 17.7 Å². The van der Waals surface area contributed by atoms with Gasteiger partial charge >= 0.3 is 0 Å². The van der Waals surface area contributed by atoms with Crippen molar-refractivity contribution in [3.05, 3.63) is 30.1 Å². The second-order valence-electron chi connectivity index (χ2n) is 7.13. The molecule has 1 aliphatic rings. The maximum atomic E-state index is 12.9. The number of likely N-dealkylation sites (tertiary alicyclic amines) is 1. The minimum atomic E-state index is -0.180. The van der Waals surface area contributed by atoms with Crippen LogP contribution in [0.5, 0.6) is 0 Å². The number of nitrogens with zero attached hydrogens (tertiary/aromatic N) is 2. The van der Waals surface area contributed by atoms with Crippen molar-refractivity contribution in [2.45, 2.75) is 44.0 Å². The third kappa shape index (κ3) is 7.54. The molecule has 146 valence electrons. The molecule has 1 aromatic rings. The molecule has 4 nitrogen and oxygen atoms in total. The standard InChI is InChI=1S/C20H33FN4S/c1-16(2)25-12-4-6-17(15-25)14-24-20(22-3)23-11-5-13-26-19-9-7-18(21)8-10-19/h7-10,16-17H,4-6,11-15H2,1-3H3,(H2,22,23,24). The van der Waals surface area contributed by atoms with Gasteiger partial charge in [0.05, 0.1) is 0 Å². The normalized spacial score (nSPS) is 19.0. The van der Waals surface area contributed by atoms with Crippen molar-refractivity contribution in [2.24, 2.45) is 10.9 Å². The first kappa shape index (κ1) is 21.0. The Morgan fingerprint density at radius 3 is 2.77 bits per heavy atom. The van der Waals surface area contributed by atoms with Crippen molar-refractivity contribution in [1.29, 1.82) is 0 Å². The lowest BCUT2D eigenvalue weighted by atomic mass is 9.97. The van der Waals surface area contributed by atoms with Gasteiger partial charge in [-0.05, 0) is 75.6 Å². The molecule has 1 aliphatic heterocycles. The largest absolute Gasteiger partial charge is 0.356 e. The van der Waals surface area contributed by atoms with E-state index in [9.17, 15) is 4.39 Å². The van der Waals surface area contributed by atoms with Gasteiger partial charge in [-0.15, -0.1) is 11.8 Å². The SMILES string of the molecule is CN=C(NCCCSc1ccc(F)cc1)NCC1CCCN(C(C)C)C1. The van der Waals surface area contributed by atoms with E-state index in [1.54, 1.807) is 11.8 Å². The Labute approximate surface area is 162 Å². The number of hydrogen-bond acceptors (Lipinski definition) is 3. The number of benzene rings is 1. The van der Waals surface area contributed by atoms with Crippen LogP contribution < -0.4 is 10.6 Å². The van der Waals surface area contributed by atoms with E-state index >= 15 is 0 Å². The average molecular weight is 381 g/mol. The van der Waals surface area contributed by atoms with Crippen molar-refractivity contribution in [3.8, 4) is 0 Å². The Morgan fingerprint density at radius 2 is 2.08 bits per heavy atom. The minimum Gasteiger partial charge on any atom is -0.356 e. The highest BCUT2D eigenvalue weighted by Crippen LogP contribution is 2.19. The van der Waals surface area contributed by atoms with Gasteiger partial charge in [0.1, 0.15) is 5.82 Å². The van der Waals surface area contributed by atoms with E-state index < -0.39 is 0 Å². The molecule has 6 heteroatoms. The first-order valence-corrected chi connectivity index (χ1v) is 10.6. The fourth-order valence-corrected chi connectivity index (χ4v) is 4.05. The van der Waals surface area contributed by atoms with Crippen molar-refractivity contribution in [2.75, 3.05) is 39.0 Å². The average Bonchev–Trinajstić information content (AvgIpc) is 2.65. The lowest BCUT2D eigenvalue weighted by Crippen LogP contribution is -2.46. The molecule has 1 saturated heterocycles. The Morgan fingerprint density at radius 1 is 1.31 bits per heavy atom.